The van der Waals surface area contributed by atoms with Crippen LogP contribution in [0.2, 0.25) is 0 Å². The van der Waals surface area contributed by atoms with Gasteiger partial charge in [-0.25, -0.2) is 0 Å². The summed E-state index contributed by atoms with van der Waals surface area (Å²) in [6.45, 7) is 3.19. The Morgan fingerprint density at radius 1 is 0.643 bits per heavy atom. The summed E-state index contributed by atoms with van der Waals surface area (Å²) in [4.78, 5) is 48.8. The molecule has 2 atom stereocenters. The Hall–Kier alpha value is -2.96. The lowest BCUT2D eigenvalue weighted by atomic mass is 10.0. The van der Waals surface area contributed by atoms with Gasteiger partial charge in [0.05, 0.1) is 0 Å². The van der Waals surface area contributed by atoms with E-state index >= 15 is 0 Å². The number of nitrogens with one attached hydrogen (secondary N) is 2. The van der Waals surface area contributed by atoms with Crippen LogP contribution < -0.4 is 10.6 Å². The van der Waals surface area contributed by atoms with Crippen molar-refractivity contribution in [1.82, 2.24) is 10.6 Å². The Morgan fingerprint density at radius 2 is 0.964 bits per heavy atom. The van der Waals surface area contributed by atoms with E-state index in [1.807, 2.05) is 0 Å². The minimum absolute atomic E-state index is 0.245. The van der Waals surface area contributed by atoms with Crippen molar-refractivity contribution in [2.75, 3.05) is 13.1 Å². The van der Waals surface area contributed by atoms with Gasteiger partial charge in [-0.05, 0) is 13.8 Å². The minimum Gasteiger partial charge on any atom is -0.300 e. The number of benzene rings is 2. The van der Waals surface area contributed by atoms with Gasteiger partial charge in [-0.15, -0.1) is 0 Å². The lowest BCUT2D eigenvalue weighted by molar-refractivity contribution is -0.119. The van der Waals surface area contributed by atoms with Crippen LogP contribution in [0.1, 0.15) is 34.6 Å². The summed E-state index contributed by atoms with van der Waals surface area (Å²) in [5.74, 6) is -1.21. The highest BCUT2D eigenvalue weighted by atomic mass is 16.2. The summed E-state index contributed by atoms with van der Waals surface area (Å²) in [6, 6.07) is 15.2. The van der Waals surface area contributed by atoms with E-state index in [1.165, 1.54) is 13.8 Å². The molecule has 0 aliphatic carbocycles. The highest BCUT2D eigenvalue weighted by Crippen LogP contribution is 2.06. The second kappa shape index (κ2) is 10.4. The Bertz CT molecular complexity index is 763. The lowest BCUT2D eigenvalue weighted by Gasteiger charge is -2.18. The molecule has 0 aliphatic rings. The Balaban J connectivity index is 1.94. The molecular weight excluding hydrogens is 356 g/mol. The van der Waals surface area contributed by atoms with E-state index < -0.39 is 12.1 Å². The zero-order valence-electron chi connectivity index (χ0n) is 16.0. The second-order valence-electron chi connectivity index (χ2n) is 6.46. The summed E-state index contributed by atoms with van der Waals surface area (Å²) < 4.78 is 0. The van der Waals surface area contributed by atoms with E-state index in [0.717, 1.165) is 0 Å². The van der Waals surface area contributed by atoms with Crippen LogP contribution in [-0.2, 0) is 9.59 Å². The van der Waals surface area contributed by atoms with Gasteiger partial charge >= 0.3 is 0 Å². The maximum atomic E-state index is 12.5. The molecule has 6 heteroatoms. The molecule has 2 unspecified atom stereocenters. The molecule has 2 aromatic carbocycles. The van der Waals surface area contributed by atoms with Gasteiger partial charge in [-0.2, -0.15) is 0 Å². The van der Waals surface area contributed by atoms with Crippen LogP contribution in [0.3, 0.4) is 0 Å². The summed E-state index contributed by atoms with van der Waals surface area (Å²) in [5.41, 5.74) is 0.896. The smallest absolute Gasteiger partial charge is 0.187 e. The Labute approximate surface area is 164 Å². The summed E-state index contributed by atoms with van der Waals surface area (Å²) in [7, 11) is 0. The molecule has 0 spiro atoms. The molecule has 2 rings (SSSR count). The van der Waals surface area contributed by atoms with Gasteiger partial charge < -0.3 is 0 Å². The van der Waals surface area contributed by atoms with E-state index in [-0.39, 0.29) is 36.2 Å². The van der Waals surface area contributed by atoms with Crippen molar-refractivity contribution in [3.63, 3.8) is 0 Å². The third-order valence-electron chi connectivity index (χ3n) is 4.28. The molecule has 146 valence electrons. The van der Waals surface area contributed by atoms with Crippen LogP contribution in [0.15, 0.2) is 60.7 Å². The molecule has 0 amide bonds. The van der Waals surface area contributed by atoms with Crippen LogP contribution >= 0.6 is 0 Å². The first-order valence-corrected chi connectivity index (χ1v) is 9.08. The van der Waals surface area contributed by atoms with Crippen LogP contribution in [-0.4, -0.2) is 48.3 Å². The van der Waals surface area contributed by atoms with Crippen molar-refractivity contribution in [1.29, 1.82) is 0 Å². The fraction of sp³-hybridized carbons (Fsp3) is 0.273. The van der Waals surface area contributed by atoms with Crippen molar-refractivity contribution in [2.24, 2.45) is 0 Å². The molecule has 0 aliphatic heterocycles. The van der Waals surface area contributed by atoms with Crippen molar-refractivity contribution in [2.45, 2.75) is 25.9 Å². The molecular formula is C22H24N2O4. The van der Waals surface area contributed by atoms with Gasteiger partial charge in [0.2, 0.25) is 0 Å². The van der Waals surface area contributed by atoms with Gasteiger partial charge in [0.15, 0.2) is 23.1 Å². The zero-order chi connectivity index (χ0) is 20.5. The third kappa shape index (κ3) is 5.77. The first-order valence-electron chi connectivity index (χ1n) is 9.08. The van der Waals surface area contributed by atoms with Crippen molar-refractivity contribution in [3.05, 3.63) is 71.8 Å². The van der Waals surface area contributed by atoms with Crippen LogP contribution in [0, 0.1) is 0 Å². The SMILES string of the molecule is CC(=O)C(NCCNC(C(C)=O)C(=O)c1ccccc1)C(=O)c1ccccc1. The Morgan fingerprint density at radius 3 is 1.25 bits per heavy atom. The average Bonchev–Trinajstić information content (AvgIpc) is 2.70. The number of carbonyl (C=O) groups excluding carboxylic acids is 4. The average molecular weight is 380 g/mol. The molecule has 2 aromatic rings. The van der Waals surface area contributed by atoms with Crippen LogP contribution in [0.25, 0.3) is 0 Å². The third-order valence-corrected chi connectivity index (χ3v) is 4.28. The monoisotopic (exact) mass is 380 g/mol. The number of hydrogen-bond donors (Lipinski definition) is 2. The van der Waals surface area contributed by atoms with Gasteiger partial charge in [-0.3, -0.25) is 29.8 Å². The molecule has 2 N–H and O–H groups in total. The molecule has 0 fully saturated rings. The largest absolute Gasteiger partial charge is 0.300 e. The quantitative estimate of drug-likeness (QED) is 0.351. The Kier molecular flexibility index (Phi) is 7.92. The molecule has 0 aromatic heterocycles. The van der Waals surface area contributed by atoms with Gasteiger partial charge in [0.1, 0.15) is 12.1 Å². The molecule has 6 nitrogen and oxygen atoms in total. The van der Waals surface area contributed by atoms with Gasteiger partial charge in [-0.1, -0.05) is 60.7 Å². The molecule has 0 heterocycles. The number of carbonyl (C=O) groups is 4. The zero-order valence-corrected chi connectivity index (χ0v) is 16.0. The summed E-state index contributed by atoms with van der Waals surface area (Å²) >= 11 is 0. The van der Waals surface area contributed by atoms with E-state index in [4.69, 9.17) is 0 Å². The fourth-order valence-electron chi connectivity index (χ4n) is 2.81. The topological polar surface area (TPSA) is 92.3 Å². The number of hydrogen-bond acceptors (Lipinski definition) is 6. The molecule has 0 bridgehead atoms. The number of Topliss-reactive ketones (excluding diaryl/α,β-unsaturated/α-hetero) is 4. The van der Waals surface area contributed by atoms with E-state index in [0.29, 0.717) is 11.1 Å². The maximum absolute atomic E-state index is 12.5. The van der Waals surface area contributed by atoms with Crippen molar-refractivity contribution < 1.29 is 19.2 Å². The van der Waals surface area contributed by atoms with Gasteiger partial charge in [0, 0.05) is 24.2 Å². The second-order valence-corrected chi connectivity index (χ2v) is 6.46. The predicted octanol–water partition coefficient (Wildman–Crippen LogP) is 1.85. The fourth-order valence-corrected chi connectivity index (χ4v) is 2.81. The normalized spacial score (nSPS) is 12.8. The first-order chi connectivity index (χ1) is 13.4. The first kappa shape index (κ1) is 21.3. The maximum Gasteiger partial charge on any atom is 0.187 e. The summed E-state index contributed by atoms with van der Waals surface area (Å²) in [6.07, 6.45) is 0. The van der Waals surface area contributed by atoms with Crippen molar-refractivity contribution in [3.8, 4) is 0 Å². The lowest BCUT2D eigenvalue weighted by Crippen LogP contribution is -2.48. The van der Waals surface area contributed by atoms with Crippen LogP contribution in [0.4, 0.5) is 0 Å². The molecule has 0 saturated heterocycles. The highest BCUT2D eigenvalue weighted by Gasteiger charge is 2.25. The van der Waals surface area contributed by atoms with E-state index in [1.54, 1.807) is 60.7 Å². The van der Waals surface area contributed by atoms with Gasteiger partial charge in [0.25, 0.3) is 0 Å². The number of ketones is 4. The molecule has 28 heavy (non-hydrogen) atoms. The van der Waals surface area contributed by atoms with E-state index in [9.17, 15) is 19.2 Å². The molecule has 0 saturated carbocycles. The predicted molar refractivity (Wildman–Crippen MR) is 106 cm³/mol. The molecule has 0 radical (unpaired) electrons. The standard InChI is InChI=1S/C22H24N2O4/c1-15(25)19(21(27)17-9-5-3-6-10-17)23-13-14-24-20(16(2)26)22(28)18-11-7-4-8-12-18/h3-12,19-20,23-24H,13-14H2,1-2H3. The number of rotatable bonds is 11. The van der Waals surface area contributed by atoms with E-state index in [2.05, 4.69) is 10.6 Å². The van der Waals surface area contributed by atoms with Crippen molar-refractivity contribution >= 4 is 23.1 Å². The summed E-state index contributed by atoms with van der Waals surface area (Å²) in [5, 5.41) is 5.81. The highest BCUT2D eigenvalue weighted by molar-refractivity contribution is 6.14. The van der Waals surface area contributed by atoms with Crippen LogP contribution in [0.5, 0.6) is 0 Å². The minimum atomic E-state index is -0.968.